The van der Waals surface area contributed by atoms with Crippen LogP contribution >= 0.6 is 15.9 Å². The van der Waals surface area contributed by atoms with Gasteiger partial charge < -0.3 is 19.3 Å². The molecule has 0 saturated carbocycles. The van der Waals surface area contributed by atoms with Crippen molar-refractivity contribution in [2.45, 2.75) is 41.5 Å². The number of halogens is 1. The Labute approximate surface area is 185 Å². The van der Waals surface area contributed by atoms with Crippen LogP contribution in [0.5, 0.6) is 28.7 Å². The molecule has 1 heterocycles. The van der Waals surface area contributed by atoms with Crippen molar-refractivity contribution in [1.29, 1.82) is 0 Å². The van der Waals surface area contributed by atoms with E-state index >= 15 is 0 Å². The number of benzene rings is 2. The lowest BCUT2D eigenvalue weighted by Crippen LogP contribution is -2.12. The third-order valence-electron chi connectivity index (χ3n) is 5.55. The Morgan fingerprint density at radius 1 is 1.03 bits per heavy atom. The molecule has 0 bridgehead atoms. The molecule has 1 N–H and O–H groups in total. The Bertz CT molecular complexity index is 1130. The quantitative estimate of drug-likeness (QED) is 0.386. The smallest absolute Gasteiger partial charge is 0.348 e. The van der Waals surface area contributed by atoms with Gasteiger partial charge in [-0.15, -0.1) is 0 Å². The minimum Gasteiger partial charge on any atom is -0.506 e. The minimum absolute atomic E-state index is 0.00599. The second-order valence-electron chi connectivity index (χ2n) is 7.21. The summed E-state index contributed by atoms with van der Waals surface area (Å²) in [5.41, 5.74) is 4.50. The van der Waals surface area contributed by atoms with Crippen LogP contribution in [0, 0.1) is 13.8 Å². The molecule has 0 aliphatic carbocycles. The van der Waals surface area contributed by atoms with Crippen molar-refractivity contribution in [3.8, 4) is 28.7 Å². The monoisotopic (exact) mass is 472 g/mol. The van der Waals surface area contributed by atoms with Crippen LogP contribution in [0.2, 0.25) is 0 Å². The SMILES string of the molecule is C/C=C(/C)c1cc(OC)c(C)c2c1C(=O)Oc1c(C)c(O)c(Br)c(/C(C)=C/C)c1O2. The Hall–Kier alpha value is -2.73. The number of rotatable bonds is 3. The molecular formula is C24H25BrO5. The van der Waals surface area contributed by atoms with Gasteiger partial charge in [0.15, 0.2) is 11.5 Å². The van der Waals surface area contributed by atoms with E-state index in [0.29, 0.717) is 49.5 Å². The van der Waals surface area contributed by atoms with E-state index in [0.717, 1.165) is 11.1 Å². The molecule has 5 nitrogen and oxygen atoms in total. The summed E-state index contributed by atoms with van der Waals surface area (Å²) in [5.74, 6) is 1.04. The molecule has 2 aromatic rings. The van der Waals surface area contributed by atoms with Gasteiger partial charge in [0, 0.05) is 16.7 Å². The summed E-state index contributed by atoms with van der Waals surface area (Å²) in [6, 6.07) is 1.82. The molecule has 2 aromatic carbocycles. The molecule has 0 atom stereocenters. The number of methoxy groups -OCH3 is 1. The molecule has 6 heteroatoms. The second-order valence-corrected chi connectivity index (χ2v) is 8.00. The fourth-order valence-electron chi connectivity index (χ4n) is 3.48. The molecule has 0 amide bonds. The Morgan fingerprint density at radius 2 is 1.67 bits per heavy atom. The van der Waals surface area contributed by atoms with E-state index in [1.165, 1.54) is 0 Å². The first-order valence-corrected chi connectivity index (χ1v) is 10.4. The number of aromatic hydroxyl groups is 1. The largest absolute Gasteiger partial charge is 0.506 e. The number of allylic oxidation sites excluding steroid dienone is 4. The van der Waals surface area contributed by atoms with Gasteiger partial charge in [-0.25, -0.2) is 4.79 Å². The second kappa shape index (κ2) is 8.19. The molecule has 0 spiro atoms. The highest BCUT2D eigenvalue weighted by atomic mass is 79.9. The van der Waals surface area contributed by atoms with Crippen LogP contribution in [0.25, 0.3) is 11.1 Å². The Balaban J connectivity index is 2.47. The number of fused-ring (bicyclic) bond motifs is 2. The first-order valence-electron chi connectivity index (χ1n) is 9.60. The zero-order chi connectivity index (χ0) is 22.3. The first kappa shape index (κ1) is 22.0. The number of phenols is 1. The summed E-state index contributed by atoms with van der Waals surface area (Å²) in [6.45, 7) is 11.1. The average molecular weight is 473 g/mol. The van der Waals surface area contributed by atoms with Crippen molar-refractivity contribution in [3.05, 3.63) is 50.5 Å². The van der Waals surface area contributed by atoms with Gasteiger partial charge in [0.1, 0.15) is 22.8 Å². The highest BCUT2D eigenvalue weighted by Gasteiger charge is 2.34. The lowest BCUT2D eigenvalue weighted by molar-refractivity contribution is 0.0735. The molecule has 1 aliphatic rings. The highest BCUT2D eigenvalue weighted by molar-refractivity contribution is 9.10. The van der Waals surface area contributed by atoms with E-state index in [4.69, 9.17) is 14.2 Å². The fraction of sp³-hybridized carbons (Fsp3) is 0.292. The summed E-state index contributed by atoms with van der Waals surface area (Å²) in [6.07, 6.45) is 3.82. The third kappa shape index (κ3) is 3.29. The topological polar surface area (TPSA) is 65.0 Å². The van der Waals surface area contributed by atoms with E-state index in [2.05, 4.69) is 15.9 Å². The van der Waals surface area contributed by atoms with Gasteiger partial charge in [0.2, 0.25) is 0 Å². The number of ether oxygens (including phenoxy) is 3. The van der Waals surface area contributed by atoms with Gasteiger partial charge in [-0.3, -0.25) is 0 Å². The standard InChI is InChI=1S/C24H25BrO5/c1-8-11(3)15-10-16(28-7)13(5)21-18(15)24(27)30-22-14(6)20(26)19(25)17(12(4)9-2)23(22)29-21/h8-10,26H,1-7H3/b11-8-,12-9+. The minimum atomic E-state index is -0.542. The third-order valence-corrected chi connectivity index (χ3v) is 6.32. The number of carbonyl (C=O) groups excluding carboxylic acids is 1. The van der Waals surface area contributed by atoms with E-state index in [1.54, 1.807) is 14.0 Å². The summed E-state index contributed by atoms with van der Waals surface area (Å²) < 4.78 is 18.3. The maximum atomic E-state index is 13.3. The molecular weight excluding hydrogens is 448 g/mol. The zero-order valence-electron chi connectivity index (χ0n) is 18.2. The maximum Gasteiger partial charge on any atom is 0.348 e. The number of carbonyl (C=O) groups is 1. The predicted molar refractivity (Wildman–Crippen MR) is 122 cm³/mol. The van der Waals surface area contributed by atoms with Gasteiger partial charge in [-0.1, -0.05) is 12.2 Å². The summed E-state index contributed by atoms with van der Waals surface area (Å²) >= 11 is 3.48. The predicted octanol–water partition coefficient (Wildman–Crippen LogP) is 6.95. The van der Waals surface area contributed by atoms with Crippen molar-refractivity contribution in [2.75, 3.05) is 7.11 Å². The van der Waals surface area contributed by atoms with E-state index in [-0.39, 0.29) is 11.5 Å². The van der Waals surface area contributed by atoms with Crippen LogP contribution in [0.4, 0.5) is 0 Å². The molecule has 0 aromatic heterocycles. The van der Waals surface area contributed by atoms with Crippen LogP contribution in [-0.4, -0.2) is 18.2 Å². The molecule has 1 aliphatic heterocycles. The van der Waals surface area contributed by atoms with Crippen LogP contribution in [0.3, 0.4) is 0 Å². The van der Waals surface area contributed by atoms with Gasteiger partial charge in [0.25, 0.3) is 0 Å². The fourth-order valence-corrected chi connectivity index (χ4v) is 4.27. The van der Waals surface area contributed by atoms with Crippen LogP contribution in [0.15, 0.2) is 22.7 Å². The number of hydrogen-bond acceptors (Lipinski definition) is 5. The molecule has 0 unspecified atom stereocenters. The first-order chi connectivity index (χ1) is 14.2. The van der Waals surface area contributed by atoms with Crippen LogP contribution in [-0.2, 0) is 0 Å². The highest BCUT2D eigenvalue weighted by Crippen LogP contribution is 2.53. The van der Waals surface area contributed by atoms with Crippen molar-refractivity contribution in [3.63, 3.8) is 0 Å². The summed E-state index contributed by atoms with van der Waals surface area (Å²) in [5, 5.41) is 10.7. The van der Waals surface area contributed by atoms with Gasteiger partial charge in [-0.2, -0.15) is 0 Å². The lowest BCUT2D eigenvalue weighted by atomic mass is 9.96. The van der Waals surface area contributed by atoms with Gasteiger partial charge in [-0.05, 0) is 80.2 Å². The van der Waals surface area contributed by atoms with E-state index < -0.39 is 5.97 Å². The summed E-state index contributed by atoms with van der Waals surface area (Å²) in [7, 11) is 1.58. The maximum absolute atomic E-state index is 13.3. The van der Waals surface area contributed by atoms with E-state index in [1.807, 2.05) is 52.8 Å². The van der Waals surface area contributed by atoms with Crippen molar-refractivity contribution >= 4 is 33.0 Å². The number of esters is 1. The summed E-state index contributed by atoms with van der Waals surface area (Å²) in [4.78, 5) is 13.3. The van der Waals surface area contributed by atoms with Crippen molar-refractivity contribution < 1.29 is 24.1 Å². The number of hydrogen-bond donors (Lipinski definition) is 1. The van der Waals surface area contributed by atoms with Crippen LogP contribution < -0.4 is 14.2 Å². The van der Waals surface area contributed by atoms with Crippen LogP contribution in [0.1, 0.15) is 60.3 Å². The molecule has 3 rings (SSSR count). The molecule has 0 saturated heterocycles. The molecule has 0 fully saturated rings. The molecule has 158 valence electrons. The Morgan fingerprint density at radius 3 is 2.23 bits per heavy atom. The zero-order valence-corrected chi connectivity index (χ0v) is 19.8. The Kier molecular flexibility index (Phi) is 5.99. The normalized spacial score (nSPS) is 13.8. The molecule has 30 heavy (non-hydrogen) atoms. The van der Waals surface area contributed by atoms with Crippen molar-refractivity contribution in [2.24, 2.45) is 0 Å². The number of phenolic OH excluding ortho intramolecular Hbond substituents is 1. The van der Waals surface area contributed by atoms with Gasteiger partial charge in [0.05, 0.1) is 11.6 Å². The van der Waals surface area contributed by atoms with Gasteiger partial charge >= 0.3 is 5.97 Å². The average Bonchev–Trinajstić information content (AvgIpc) is 2.89. The van der Waals surface area contributed by atoms with E-state index in [9.17, 15) is 9.90 Å². The van der Waals surface area contributed by atoms with Crippen molar-refractivity contribution in [1.82, 2.24) is 0 Å². The molecule has 0 radical (unpaired) electrons. The lowest BCUT2D eigenvalue weighted by Gasteiger charge is -2.20.